The van der Waals surface area contributed by atoms with Crippen LogP contribution in [-0.2, 0) is 13.7 Å². The third-order valence-corrected chi connectivity index (χ3v) is 11.3. The molecule has 0 aliphatic carbocycles. The Labute approximate surface area is 243 Å². The molecule has 0 fully saturated rings. The van der Waals surface area contributed by atoms with Gasteiger partial charge in [-0.1, -0.05) is 24.3 Å². The Balaban J connectivity index is 2.48. The summed E-state index contributed by atoms with van der Waals surface area (Å²) < 4.78 is 184. The lowest BCUT2D eigenvalue weighted by atomic mass is 10.1. The zero-order chi connectivity index (χ0) is 33.7. The van der Waals surface area contributed by atoms with Crippen LogP contribution >= 0.6 is 10.3 Å². The number of alkyl halides is 9. The molecule has 0 radical (unpaired) electrons. The lowest BCUT2D eigenvalue weighted by molar-refractivity contribution is -0.382. The van der Waals surface area contributed by atoms with Gasteiger partial charge >= 0.3 is 33.4 Å². The zero-order valence-electron chi connectivity index (χ0n) is 21.9. The Kier molecular flexibility index (Phi) is 9.10. The maximum Gasteiger partial charge on any atom is 0.460 e. The topological polar surface area (TPSA) is 77.5 Å². The highest BCUT2D eigenvalue weighted by atomic mass is 32.3. The molecule has 5 nitrogen and oxygen atoms in total. The van der Waals surface area contributed by atoms with E-state index in [0.29, 0.717) is 12.1 Å². The Morgan fingerprint density at radius 3 is 1.39 bits per heavy atom. The molecule has 0 saturated carbocycles. The maximum atomic E-state index is 15.4. The summed E-state index contributed by atoms with van der Waals surface area (Å²) in [7, 11) is -12.5. The van der Waals surface area contributed by atoms with E-state index in [9.17, 15) is 61.9 Å². The Morgan fingerprint density at radius 2 is 1.05 bits per heavy atom. The first kappa shape index (κ1) is 35.0. The molecule has 0 saturated heterocycles. The van der Waals surface area contributed by atoms with Crippen molar-refractivity contribution in [3.8, 4) is 0 Å². The van der Waals surface area contributed by atoms with Crippen molar-refractivity contribution in [1.82, 2.24) is 0 Å². The molecular weight excluding hydrogens is 665 g/mol. The molecule has 0 N–H and O–H groups in total. The van der Waals surface area contributed by atoms with Crippen molar-refractivity contribution >= 4 is 32.0 Å². The standard InChI is InChI=1S/C26H17F11O5S2/c1-14(38)16-3-8-19(9-4-16)43(22-12-7-18(27)13-21(22)28,20-10-5-17(6-11-20)15(2)39)42-44(40,41)26(36,37)24(31,32)23(29,30)25(33,34)35/h3-13H,1-2H3. The molecule has 0 aliphatic heterocycles. The minimum atomic E-state index is -7.69. The van der Waals surface area contributed by atoms with Crippen molar-refractivity contribution in [1.29, 1.82) is 0 Å². The molecule has 0 amide bonds. The summed E-state index contributed by atoms with van der Waals surface area (Å²) in [4.78, 5) is 21.0. The van der Waals surface area contributed by atoms with Gasteiger partial charge in [0.15, 0.2) is 11.6 Å². The second-order valence-electron chi connectivity index (χ2n) is 8.98. The van der Waals surface area contributed by atoms with Crippen molar-refractivity contribution in [3.05, 3.63) is 89.5 Å². The SMILES string of the molecule is CC(=O)c1ccc(S(OS(=O)(=O)C(F)(F)C(F)(F)C(F)(F)C(F)(F)F)(c2ccc(C(C)=O)cc2)c2ccc(F)cc2F)cc1. The van der Waals surface area contributed by atoms with E-state index >= 15 is 4.39 Å². The van der Waals surface area contributed by atoms with Crippen LogP contribution in [0.5, 0.6) is 0 Å². The van der Waals surface area contributed by atoms with Crippen LogP contribution in [0.2, 0.25) is 0 Å². The van der Waals surface area contributed by atoms with Gasteiger partial charge in [-0.05, 0) is 60.6 Å². The first-order chi connectivity index (χ1) is 19.9. The number of rotatable bonds is 10. The number of ketones is 2. The molecule has 0 heterocycles. The fourth-order valence-corrected chi connectivity index (χ4v) is 8.86. The molecule has 0 unspecified atom stereocenters. The first-order valence-electron chi connectivity index (χ1n) is 11.6. The van der Waals surface area contributed by atoms with Gasteiger partial charge in [-0.2, -0.15) is 47.9 Å². The molecule has 3 aromatic carbocycles. The van der Waals surface area contributed by atoms with Crippen molar-refractivity contribution in [2.24, 2.45) is 0 Å². The van der Waals surface area contributed by atoms with Crippen LogP contribution in [0.15, 0.2) is 81.4 Å². The van der Waals surface area contributed by atoms with E-state index in [4.69, 9.17) is 0 Å². The summed E-state index contributed by atoms with van der Waals surface area (Å²) in [5, 5.41) is -7.34. The van der Waals surface area contributed by atoms with Gasteiger partial charge in [0, 0.05) is 27.0 Å². The Morgan fingerprint density at radius 1 is 0.636 bits per heavy atom. The lowest BCUT2D eigenvalue weighted by Crippen LogP contribution is -2.63. The predicted octanol–water partition coefficient (Wildman–Crippen LogP) is 8.34. The van der Waals surface area contributed by atoms with Gasteiger partial charge in [0.2, 0.25) is 0 Å². The number of hydrogen-bond acceptors (Lipinski definition) is 5. The van der Waals surface area contributed by atoms with Gasteiger partial charge in [0.1, 0.15) is 11.6 Å². The lowest BCUT2D eigenvalue weighted by Gasteiger charge is -2.41. The molecule has 3 rings (SSSR count). The van der Waals surface area contributed by atoms with Crippen LogP contribution in [0.25, 0.3) is 0 Å². The third-order valence-electron chi connectivity index (χ3n) is 6.01. The van der Waals surface area contributed by atoms with Crippen LogP contribution in [0.3, 0.4) is 0 Å². The Bertz CT molecular complexity index is 1630. The van der Waals surface area contributed by atoms with Gasteiger partial charge in [-0.15, -0.1) is 0 Å². The summed E-state index contributed by atoms with van der Waals surface area (Å²) in [5.74, 6) is -19.7. The summed E-state index contributed by atoms with van der Waals surface area (Å²) >= 11 is 0. The van der Waals surface area contributed by atoms with Gasteiger partial charge < -0.3 is 0 Å². The number of carbonyl (C=O) groups is 2. The number of carbonyl (C=O) groups excluding carboxylic acids is 2. The van der Waals surface area contributed by atoms with E-state index in [1.165, 1.54) is 0 Å². The van der Waals surface area contributed by atoms with E-state index in [1.807, 2.05) is 0 Å². The molecule has 0 atom stereocenters. The summed E-state index contributed by atoms with van der Waals surface area (Å²) in [6.07, 6.45) is -7.38. The van der Waals surface area contributed by atoms with Gasteiger partial charge in [-0.3, -0.25) is 9.59 Å². The number of halogens is 11. The first-order valence-corrected chi connectivity index (χ1v) is 14.6. The molecule has 18 heteroatoms. The highest BCUT2D eigenvalue weighted by Gasteiger charge is 2.86. The average molecular weight is 683 g/mol. The number of Topliss-reactive ketones (excluding diaryl/α,β-unsaturated/α-hetero) is 2. The minimum absolute atomic E-state index is 0.0888. The van der Waals surface area contributed by atoms with E-state index in [1.54, 1.807) is 0 Å². The predicted molar refractivity (Wildman–Crippen MR) is 133 cm³/mol. The van der Waals surface area contributed by atoms with Crippen LogP contribution in [0.4, 0.5) is 48.3 Å². The van der Waals surface area contributed by atoms with Crippen LogP contribution in [-0.4, -0.2) is 43.3 Å². The van der Waals surface area contributed by atoms with E-state index < -0.39 is 81.6 Å². The molecule has 44 heavy (non-hydrogen) atoms. The largest absolute Gasteiger partial charge is 0.460 e. The Hall–Kier alpha value is -3.51. The normalized spacial score (nSPS) is 13.9. The molecule has 0 aliphatic rings. The summed E-state index contributed by atoms with van der Waals surface area (Å²) in [6.45, 7) is 2.11. The quantitative estimate of drug-likeness (QED) is 0.159. The summed E-state index contributed by atoms with van der Waals surface area (Å²) in [6, 6.07) is 7.79. The maximum absolute atomic E-state index is 15.4. The van der Waals surface area contributed by atoms with Crippen molar-refractivity contribution < 1.29 is 69.9 Å². The van der Waals surface area contributed by atoms with Crippen molar-refractivity contribution in [3.63, 3.8) is 0 Å². The second-order valence-corrected chi connectivity index (χ2v) is 13.4. The molecule has 240 valence electrons. The number of hydrogen-bond donors (Lipinski definition) is 0. The minimum Gasteiger partial charge on any atom is -0.295 e. The molecule has 0 bridgehead atoms. The van der Waals surface area contributed by atoms with Crippen LogP contribution in [0, 0.1) is 11.6 Å². The van der Waals surface area contributed by atoms with Crippen molar-refractivity contribution in [2.45, 2.75) is 51.8 Å². The van der Waals surface area contributed by atoms with E-state index in [0.717, 1.165) is 62.4 Å². The molecule has 3 aromatic rings. The number of benzene rings is 3. The highest BCUT2D eigenvalue weighted by molar-refractivity contribution is 8.33. The average Bonchev–Trinajstić information content (AvgIpc) is 2.91. The van der Waals surface area contributed by atoms with E-state index in [-0.39, 0.29) is 17.2 Å². The van der Waals surface area contributed by atoms with Gasteiger partial charge in [-0.25, -0.2) is 12.4 Å². The van der Waals surface area contributed by atoms with E-state index in [2.05, 4.69) is 3.63 Å². The smallest absolute Gasteiger partial charge is 0.295 e. The molecule has 0 spiro atoms. The molecule has 0 aromatic heterocycles. The summed E-state index contributed by atoms with van der Waals surface area (Å²) in [5.41, 5.74) is -0.254. The molecular formula is C26H17F11O5S2. The highest BCUT2D eigenvalue weighted by Crippen LogP contribution is 2.72. The monoisotopic (exact) mass is 682 g/mol. The third kappa shape index (κ3) is 5.69. The van der Waals surface area contributed by atoms with Gasteiger partial charge in [0.05, 0.1) is 4.90 Å². The second kappa shape index (κ2) is 11.4. The fraction of sp³-hybridized carbons (Fsp3) is 0.231. The van der Waals surface area contributed by atoms with Crippen LogP contribution in [0.1, 0.15) is 34.6 Å². The van der Waals surface area contributed by atoms with Crippen LogP contribution < -0.4 is 0 Å². The van der Waals surface area contributed by atoms with Crippen molar-refractivity contribution in [2.75, 3.05) is 0 Å². The zero-order valence-corrected chi connectivity index (χ0v) is 23.5. The van der Waals surface area contributed by atoms with Gasteiger partial charge in [0.25, 0.3) is 0 Å². The fourth-order valence-electron chi connectivity index (χ4n) is 3.67.